The first-order chi connectivity index (χ1) is 7.24. The molecule has 0 atom stereocenters. The lowest BCUT2D eigenvalue weighted by Gasteiger charge is -2.03. The van der Waals surface area contributed by atoms with Crippen LogP contribution in [0, 0.1) is 0 Å². The van der Waals surface area contributed by atoms with Crippen LogP contribution in [-0.2, 0) is 9.59 Å². The van der Waals surface area contributed by atoms with E-state index < -0.39 is 12.5 Å². The smallest absolute Gasteiger partial charge is 0.274 e. The van der Waals surface area contributed by atoms with Crippen molar-refractivity contribution in [2.24, 2.45) is 0 Å². The van der Waals surface area contributed by atoms with Gasteiger partial charge in [-0.05, 0) is 11.6 Å². The molecular formula is C11H10FNO2. The fourth-order valence-corrected chi connectivity index (χ4v) is 0.968. The van der Waals surface area contributed by atoms with Crippen molar-refractivity contribution in [3.05, 3.63) is 42.0 Å². The molecule has 0 saturated carbocycles. The molecule has 0 aliphatic carbocycles. The van der Waals surface area contributed by atoms with E-state index in [1.807, 2.05) is 18.2 Å². The van der Waals surface area contributed by atoms with Crippen LogP contribution in [0.5, 0.6) is 0 Å². The number of rotatable bonds is 4. The molecule has 0 saturated heterocycles. The van der Waals surface area contributed by atoms with Crippen LogP contribution in [0.15, 0.2) is 36.4 Å². The van der Waals surface area contributed by atoms with Crippen molar-refractivity contribution in [3.63, 3.8) is 0 Å². The van der Waals surface area contributed by atoms with Gasteiger partial charge in [-0.3, -0.25) is 4.79 Å². The van der Waals surface area contributed by atoms with E-state index in [0.29, 0.717) is 6.29 Å². The van der Waals surface area contributed by atoms with Crippen molar-refractivity contribution in [3.8, 4) is 0 Å². The van der Waals surface area contributed by atoms with E-state index in [2.05, 4.69) is 0 Å². The largest absolute Gasteiger partial charge is 0.301 e. The Morgan fingerprint density at radius 1 is 1.33 bits per heavy atom. The Morgan fingerprint density at radius 2 is 2.00 bits per heavy atom. The van der Waals surface area contributed by atoms with Crippen LogP contribution in [0.4, 0.5) is 4.48 Å². The number of hydrogen-bond donors (Lipinski definition) is 0. The van der Waals surface area contributed by atoms with Gasteiger partial charge in [0.15, 0.2) is 0 Å². The maximum Gasteiger partial charge on any atom is 0.274 e. The molecule has 3 nitrogen and oxygen atoms in total. The quantitative estimate of drug-likeness (QED) is 0.427. The van der Waals surface area contributed by atoms with E-state index >= 15 is 0 Å². The van der Waals surface area contributed by atoms with Crippen molar-refractivity contribution in [2.45, 2.75) is 0 Å². The second-order valence-corrected chi connectivity index (χ2v) is 2.79. The molecule has 0 aromatic heterocycles. The summed E-state index contributed by atoms with van der Waals surface area (Å²) in [6, 6.07) is 9.02. The van der Waals surface area contributed by atoms with E-state index in [4.69, 9.17) is 0 Å². The second kappa shape index (κ2) is 5.70. The Bertz CT molecular complexity index is 362. The van der Waals surface area contributed by atoms with Gasteiger partial charge in [-0.25, -0.2) is 0 Å². The van der Waals surface area contributed by atoms with Gasteiger partial charge in [0.25, 0.3) is 5.91 Å². The zero-order valence-electron chi connectivity index (χ0n) is 7.97. The number of aldehydes is 1. The van der Waals surface area contributed by atoms with Crippen LogP contribution in [0.2, 0.25) is 0 Å². The van der Waals surface area contributed by atoms with Gasteiger partial charge in [0.1, 0.15) is 12.8 Å². The maximum absolute atomic E-state index is 12.7. The van der Waals surface area contributed by atoms with Crippen LogP contribution in [0.25, 0.3) is 6.08 Å². The number of nitrogens with zero attached hydrogens (tertiary/aromatic N) is 1. The lowest BCUT2D eigenvalue weighted by Crippen LogP contribution is -2.22. The molecule has 0 radical (unpaired) electrons. The van der Waals surface area contributed by atoms with E-state index in [1.165, 1.54) is 6.08 Å². The predicted octanol–water partition coefficient (Wildman–Crippen LogP) is 1.61. The van der Waals surface area contributed by atoms with Gasteiger partial charge < -0.3 is 4.79 Å². The monoisotopic (exact) mass is 207 g/mol. The minimum absolute atomic E-state index is 0.146. The minimum Gasteiger partial charge on any atom is -0.301 e. The number of amides is 1. The van der Waals surface area contributed by atoms with E-state index in [0.717, 1.165) is 11.6 Å². The predicted molar refractivity (Wildman–Crippen MR) is 54.4 cm³/mol. The third-order valence-corrected chi connectivity index (χ3v) is 1.69. The molecule has 0 heterocycles. The average molecular weight is 207 g/mol. The summed E-state index contributed by atoms with van der Waals surface area (Å²) in [7, 11) is 0. The van der Waals surface area contributed by atoms with Crippen LogP contribution in [-0.4, -0.2) is 23.9 Å². The normalized spacial score (nSPS) is 10.2. The van der Waals surface area contributed by atoms with E-state index in [9.17, 15) is 14.1 Å². The molecule has 15 heavy (non-hydrogen) atoms. The second-order valence-electron chi connectivity index (χ2n) is 2.79. The Labute approximate surface area is 86.8 Å². The summed E-state index contributed by atoms with van der Waals surface area (Å²) in [6.45, 7) is -0.544. The molecule has 1 rings (SSSR count). The Morgan fingerprint density at radius 3 is 2.60 bits per heavy atom. The van der Waals surface area contributed by atoms with Gasteiger partial charge in [-0.2, -0.15) is 5.12 Å². The molecule has 0 aliphatic rings. The Hall–Kier alpha value is -1.97. The standard InChI is InChI=1S/C11H10FNO2/c12-13(8-9-14)11(15)7-6-10-4-2-1-3-5-10/h1-7,9H,8H2. The zero-order chi connectivity index (χ0) is 11.1. The molecule has 1 amide bonds. The Kier molecular flexibility index (Phi) is 4.22. The van der Waals surface area contributed by atoms with Crippen LogP contribution < -0.4 is 0 Å². The highest BCUT2D eigenvalue weighted by Crippen LogP contribution is 2.01. The molecular weight excluding hydrogens is 197 g/mol. The minimum atomic E-state index is -0.842. The summed E-state index contributed by atoms with van der Waals surface area (Å²) >= 11 is 0. The number of carbonyl (C=O) groups is 2. The number of carbonyl (C=O) groups excluding carboxylic acids is 2. The Balaban J connectivity index is 2.58. The molecule has 78 valence electrons. The van der Waals surface area contributed by atoms with Crippen molar-refractivity contribution in [2.75, 3.05) is 6.54 Å². The van der Waals surface area contributed by atoms with Gasteiger partial charge >= 0.3 is 0 Å². The van der Waals surface area contributed by atoms with E-state index in [-0.39, 0.29) is 5.12 Å². The highest BCUT2D eigenvalue weighted by atomic mass is 19.2. The molecule has 0 bridgehead atoms. The summed E-state index contributed by atoms with van der Waals surface area (Å²) in [5, 5.41) is -0.146. The summed E-state index contributed by atoms with van der Waals surface area (Å²) in [5.74, 6) is -0.842. The van der Waals surface area contributed by atoms with Crippen LogP contribution >= 0.6 is 0 Å². The molecule has 0 aliphatic heterocycles. The third-order valence-electron chi connectivity index (χ3n) is 1.69. The average Bonchev–Trinajstić information content (AvgIpc) is 2.27. The van der Waals surface area contributed by atoms with Gasteiger partial charge in [-0.1, -0.05) is 34.8 Å². The molecule has 1 aromatic rings. The van der Waals surface area contributed by atoms with Crippen molar-refractivity contribution < 1.29 is 14.1 Å². The summed E-state index contributed by atoms with van der Waals surface area (Å²) in [6.07, 6.45) is 2.90. The fraction of sp³-hybridized carbons (Fsp3) is 0.0909. The molecule has 0 N–H and O–H groups in total. The van der Waals surface area contributed by atoms with E-state index in [1.54, 1.807) is 12.1 Å². The lowest BCUT2D eigenvalue weighted by atomic mass is 10.2. The van der Waals surface area contributed by atoms with Crippen molar-refractivity contribution >= 4 is 18.3 Å². The topological polar surface area (TPSA) is 37.4 Å². The van der Waals surface area contributed by atoms with Crippen LogP contribution in [0.1, 0.15) is 5.56 Å². The first-order valence-corrected chi connectivity index (χ1v) is 4.38. The summed E-state index contributed by atoms with van der Waals surface area (Å²) < 4.78 is 12.7. The zero-order valence-corrected chi connectivity index (χ0v) is 7.97. The van der Waals surface area contributed by atoms with Crippen LogP contribution in [0.3, 0.4) is 0 Å². The number of benzene rings is 1. The van der Waals surface area contributed by atoms with Gasteiger partial charge in [-0.15, -0.1) is 0 Å². The summed E-state index contributed by atoms with van der Waals surface area (Å²) in [5.41, 5.74) is 0.797. The van der Waals surface area contributed by atoms with Gasteiger partial charge in [0.2, 0.25) is 0 Å². The number of hydrogen-bond acceptors (Lipinski definition) is 2. The lowest BCUT2D eigenvalue weighted by molar-refractivity contribution is -0.142. The highest BCUT2D eigenvalue weighted by Gasteiger charge is 2.06. The molecule has 0 spiro atoms. The maximum atomic E-state index is 12.7. The van der Waals surface area contributed by atoms with Crippen molar-refractivity contribution in [1.29, 1.82) is 0 Å². The fourth-order valence-electron chi connectivity index (χ4n) is 0.968. The molecule has 1 aromatic carbocycles. The molecule has 4 heteroatoms. The van der Waals surface area contributed by atoms with Gasteiger partial charge in [0, 0.05) is 6.08 Å². The van der Waals surface area contributed by atoms with Gasteiger partial charge in [0.05, 0.1) is 0 Å². The summed E-state index contributed by atoms with van der Waals surface area (Å²) in [4.78, 5) is 20.9. The number of halogens is 1. The highest BCUT2D eigenvalue weighted by molar-refractivity contribution is 5.91. The molecule has 0 fully saturated rings. The third kappa shape index (κ3) is 3.72. The van der Waals surface area contributed by atoms with Crippen molar-refractivity contribution in [1.82, 2.24) is 5.12 Å². The first-order valence-electron chi connectivity index (χ1n) is 4.38. The first kappa shape index (κ1) is 11.1. The SMILES string of the molecule is O=CCN(F)C(=O)C=Cc1ccccc1. The molecule has 0 unspecified atom stereocenters.